The third-order valence-electron chi connectivity index (χ3n) is 8.73. The van der Waals surface area contributed by atoms with Gasteiger partial charge < -0.3 is 34.8 Å². The van der Waals surface area contributed by atoms with Gasteiger partial charge in [0.15, 0.2) is 6.10 Å². The van der Waals surface area contributed by atoms with Crippen molar-refractivity contribution in [3.05, 3.63) is 0 Å². The number of rotatable bonds is 7. The number of nitrogens with zero attached hydrogens (tertiary/aromatic N) is 3. The average Bonchev–Trinajstić information content (AvgIpc) is 3.50. The number of alkyl halides is 1. The van der Waals surface area contributed by atoms with Gasteiger partial charge in [0.25, 0.3) is 5.91 Å². The second-order valence-electron chi connectivity index (χ2n) is 12.5. The molecule has 2 aliphatic rings. The fourth-order valence-corrected chi connectivity index (χ4v) is 5.91. The highest BCUT2D eigenvalue weighted by Gasteiger charge is 2.43. The van der Waals surface area contributed by atoms with Crippen molar-refractivity contribution < 1.29 is 43.0 Å². The van der Waals surface area contributed by atoms with Crippen molar-refractivity contribution in [2.75, 3.05) is 33.1 Å². The van der Waals surface area contributed by atoms with Gasteiger partial charge in [0.05, 0.1) is 12.3 Å². The molecule has 0 spiro atoms. The van der Waals surface area contributed by atoms with Gasteiger partial charge in [-0.3, -0.25) is 33.6 Å². The highest BCUT2D eigenvalue weighted by Crippen LogP contribution is 2.24. The van der Waals surface area contributed by atoms with Crippen molar-refractivity contribution in [1.82, 2.24) is 25.3 Å². The molecule has 260 valence electrons. The van der Waals surface area contributed by atoms with Gasteiger partial charge in [0.2, 0.25) is 23.6 Å². The number of ether oxygens (including phenoxy) is 2. The van der Waals surface area contributed by atoms with E-state index in [0.717, 1.165) is 0 Å². The molecule has 7 unspecified atom stereocenters. The third kappa shape index (κ3) is 9.79. The lowest BCUT2D eigenvalue weighted by Crippen LogP contribution is -2.60. The molecule has 0 bridgehead atoms. The Morgan fingerprint density at radius 3 is 2.24 bits per heavy atom. The number of esters is 2. The number of likely N-dealkylation sites (N-methyl/N-ethyl adjacent to an activating group) is 2. The van der Waals surface area contributed by atoms with Gasteiger partial charge in [0.1, 0.15) is 30.3 Å². The van der Waals surface area contributed by atoms with E-state index in [1.54, 1.807) is 13.8 Å². The Bertz CT molecular complexity index is 1150. The van der Waals surface area contributed by atoms with Crippen LogP contribution in [0.15, 0.2) is 0 Å². The molecule has 2 saturated heterocycles. The van der Waals surface area contributed by atoms with Gasteiger partial charge in [0, 0.05) is 40.5 Å². The lowest BCUT2D eigenvalue weighted by atomic mass is 9.94. The first-order valence-corrected chi connectivity index (χ1v) is 16.4. The van der Waals surface area contributed by atoms with Crippen LogP contribution >= 0.6 is 11.6 Å². The fourth-order valence-electron chi connectivity index (χ4n) is 5.72. The molecule has 0 saturated carbocycles. The highest BCUT2D eigenvalue weighted by atomic mass is 35.5. The molecular formula is C31H50ClN5O9. The first kappa shape index (κ1) is 38.8. The van der Waals surface area contributed by atoms with Crippen molar-refractivity contribution in [2.24, 2.45) is 11.8 Å². The normalized spacial score (nSPS) is 27.6. The number of fused-ring (bicyclic) bond motifs is 1. The predicted octanol–water partition coefficient (Wildman–Crippen LogP) is 0.831. The largest absolute Gasteiger partial charge is 0.461 e. The first-order chi connectivity index (χ1) is 21.5. The smallest absolute Gasteiger partial charge is 0.308 e. The Labute approximate surface area is 276 Å². The summed E-state index contributed by atoms with van der Waals surface area (Å²) in [5.74, 6) is -4.97. The SMILES string of the molecule is CCC(C)C1NC(=O)C2CCCN2C(=O)C(CC(CCl)OC(C)=O)OC(=O)CCNC(=O)C(C)N(C)C(=O)C(C(C)C)N(C)C1=O. The van der Waals surface area contributed by atoms with E-state index in [1.165, 1.54) is 42.6 Å². The number of carbonyl (C=O) groups is 7. The molecule has 2 fully saturated rings. The maximum Gasteiger partial charge on any atom is 0.308 e. The minimum atomic E-state index is -1.44. The molecule has 7 atom stereocenters. The molecular weight excluding hydrogens is 622 g/mol. The second kappa shape index (κ2) is 17.5. The minimum absolute atomic E-state index is 0.148. The molecule has 2 heterocycles. The molecule has 0 aromatic heterocycles. The predicted molar refractivity (Wildman–Crippen MR) is 168 cm³/mol. The van der Waals surface area contributed by atoms with Crippen molar-refractivity contribution in [3.63, 3.8) is 0 Å². The number of halogens is 1. The van der Waals surface area contributed by atoms with Gasteiger partial charge in [-0.1, -0.05) is 34.1 Å². The van der Waals surface area contributed by atoms with Crippen LogP contribution < -0.4 is 10.6 Å². The van der Waals surface area contributed by atoms with E-state index in [2.05, 4.69) is 10.6 Å². The molecule has 14 nitrogen and oxygen atoms in total. The first-order valence-electron chi connectivity index (χ1n) is 15.9. The summed E-state index contributed by atoms with van der Waals surface area (Å²) in [5, 5.41) is 5.46. The van der Waals surface area contributed by atoms with Gasteiger partial charge in [-0.05, 0) is 31.6 Å². The third-order valence-corrected chi connectivity index (χ3v) is 9.08. The second-order valence-corrected chi connectivity index (χ2v) is 12.8. The summed E-state index contributed by atoms with van der Waals surface area (Å²) in [4.78, 5) is 96.7. The summed E-state index contributed by atoms with van der Waals surface area (Å²) < 4.78 is 10.7. The summed E-state index contributed by atoms with van der Waals surface area (Å²) in [7, 11) is 2.97. The monoisotopic (exact) mass is 671 g/mol. The van der Waals surface area contributed by atoms with Crippen LogP contribution in [0, 0.1) is 11.8 Å². The molecule has 2 N–H and O–H groups in total. The lowest BCUT2D eigenvalue weighted by molar-refractivity contribution is -0.165. The van der Waals surface area contributed by atoms with Gasteiger partial charge in [-0.2, -0.15) is 0 Å². The zero-order chi connectivity index (χ0) is 34.9. The maximum absolute atomic E-state index is 14.0. The van der Waals surface area contributed by atoms with E-state index in [-0.39, 0.29) is 43.6 Å². The summed E-state index contributed by atoms with van der Waals surface area (Å²) in [6.45, 7) is 10.0. The number of amides is 5. The van der Waals surface area contributed by atoms with Crippen molar-refractivity contribution in [3.8, 4) is 0 Å². The van der Waals surface area contributed by atoms with Crippen LogP contribution in [-0.4, -0.2) is 126 Å². The summed E-state index contributed by atoms with van der Waals surface area (Å²) >= 11 is 5.99. The van der Waals surface area contributed by atoms with E-state index >= 15 is 0 Å². The van der Waals surface area contributed by atoms with E-state index in [0.29, 0.717) is 19.3 Å². The molecule has 0 aliphatic carbocycles. The summed E-state index contributed by atoms with van der Waals surface area (Å²) in [5.41, 5.74) is 0. The Balaban J connectivity index is 2.56. The molecule has 46 heavy (non-hydrogen) atoms. The number of carbonyl (C=O) groups excluding carboxylic acids is 7. The maximum atomic E-state index is 14.0. The van der Waals surface area contributed by atoms with Gasteiger partial charge in [-0.25, -0.2) is 0 Å². The van der Waals surface area contributed by atoms with Crippen LogP contribution in [0.4, 0.5) is 0 Å². The number of hydrogen-bond donors (Lipinski definition) is 2. The van der Waals surface area contributed by atoms with Crippen LogP contribution in [-0.2, 0) is 43.0 Å². The van der Waals surface area contributed by atoms with E-state index in [1.807, 2.05) is 13.8 Å². The molecule has 5 amide bonds. The molecule has 0 radical (unpaired) electrons. The zero-order valence-electron chi connectivity index (χ0n) is 28.2. The zero-order valence-corrected chi connectivity index (χ0v) is 28.9. The quantitative estimate of drug-likeness (QED) is 0.294. The highest BCUT2D eigenvalue weighted by molar-refractivity contribution is 6.18. The number of nitrogens with one attached hydrogen (secondary N) is 2. The Morgan fingerprint density at radius 2 is 1.67 bits per heavy atom. The molecule has 15 heteroatoms. The Kier molecular flexibility index (Phi) is 14.7. The van der Waals surface area contributed by atoms with Gasteiger partial charge in [-0.15, -0.1) is 11.6 Å². The summed E-state index contributed by atoms with van der Waals surface area (Å²) in [6.07, 6.45) is -1.62. The van der Waals surface area contributed by atoms with E-state index in [4.69, 9.17) is 21.1 Å². The van der Waals surface area contributed by atoms with Gasteiger partial charge >= 0.3 is 11.9 Å². The number of hydrogen-bond acceptors (Lipinski definition) is 9. The molecule has 2 aliphatic heterocycles. The molecule has 2 rings (SSSR count). The van der Waals surface area contributed by atoms with Crippen molar-refractivity contribution >= 4 is 53.1 Å². The van der Waals surface area contributed by atoms with E-state index < -0.39 is 77.8 Å². The number of cyclic esters (lactones) is 1. The standard InChI is InChI=1S/C31H50ClN5O9/c1-9-18(4)25-30(43)36(8)26(17(2)3)31(44)35(7)19(5)27(40)33-13-12-24(39)46-23(15-21(16-32)45-20(6)38)29(42)37-14-10-11-22(37)28(41)34-25/h17-19,21-23,25-26H,9-16H2,1-8H3,(H,33,40)(H,34,41). The van der Waals surface area contributed by atoms with Crippen LogP contribution in [0.3, 0.4) is 0 Å². The Hall–Kier alpha value is -3.42. The summed E-state index contributed by atoms with van der Waals surface area (Å²) in [6, 6.07) is -3.86. The van der Waals surface area contributed by atoms with Crippen molar-refractivity contribution in [2.45, 2.75) is 110 Å². The average molecular weight is 672 g/mol. The van der Waals surface area contributed by atoms with Crippen LogP contribution in [0.1, 0.15) is 73.6 Å². The van der Waals surface area contributed by atoms with Crippen LogP contribution in [0.2, 0.25) is 0 Å². The molecule has 0 aromatic carbocycles. The lowest BCUT2D eigenvalue weighted by Gasteiger charge is -2.38. The Morgan fingerprint density at radius 1 is 1.02 bits per heavy atom. The molecule has 0 aromatic rings. The van der Waals surface area contributed by atoms with Crippen LogP contribution in [0.5, 0.6) is 0 Å². The minimum Gasteiger partial charge on any atom is -0.461 e. The van der Waals surface area contributed by atoms with E-state index in [9.17, 15) is 33.6 Å². The fraction of sp³-hybridized carbons (Fsp3) is 0.774. The van der Waals surface area contributed by atoms with Crippen LogP contribution in [0.25, 0.3) is 0 Å². The van der Waals surface area contributed by atoms with Crippen molar-refractivity contribution in [1.29, 1.82) is 0 Å². The topological polar surface area (TPSA) is 172 Å².